The van der Waals surface area contributed by atoms with Crippen molar-refractivity contribution < 1.29 is 4.79 Å². The minimum Gasteiger partial charge on any atom is -0.327 e. The summed E-state index contributed by atoms with van der Waals surface area (Å²) in [6.45, 7) is 6.38. The fourth-order valence-electron chi connectivity index (χ4n) is 4.18. The number of para-hydroxylation sites is 1. The van der Waals surface area contributed by atoms with Crippen LogP contribution < -0.4 is 10.6 Å². The van der Waals surface area contributed by atoms with Crippen molar-refractivity contribution in [3.8, 4) is 0 Å². The number of H-pyrrole nitrogens is 1. The predicted molar refractivity (Wildman–Crippen MR) is 118 cm³/mol. The maximum Gasteiger partial charge on any atom is 0.326 e. The van der Waals surface area contributed by atoms with Gasteiger partial charge in [0.05, 0.1) is 5.69 Å². The Hall–Kier alpha value is -2.50. The van der Waals surface area contributed by atoms with Gasteiger partial charge in [-0.25, -0.2) is 9.78 Å². The van der Waals surface area contributed by atoms with Crippen LogP contribution in [-0.4, -0.2) is 16.0 Å². The van der Waals surface area contributed by atoms with Crippen molar-refractivity contribution in [2.24, 2.45) is 5.41 Å². The Morgan fingerprint density at radius 3 is 2.34 bits per heavy atom. The van der Waals surface area contributed by atoms with E-state index in [4.69, 9.17) is 23.2 Å². The molecule has 2 amide bonds. The van der Waals surface area contributed by atoms with Gasteiger partial charge >= 0.3 is 6.03 Å². The Morgan fingerprint density at radius 2 is 1.69 bits per heavy atom. The molecule has 2 aromatic carbocycles. The van der Waals surface area contributed by atoms with Crippen LogP contribution in [0, 0.1) is 12.3 Å². The van der Waals surface area contributed by atoms with Crippen LogP contribution in [0.15, 0.2) is 48.5 Å². The third kappa shape index (κ3) is 3.98. The van der Waals surface area contributed by atoms with Gasteiger partial charge < -0.3 is 10.3 Å². The van der Waals surface area contributed by atoms with Crippen molar-refractivity contribution in [1.29, 1.82) is 0 Å². The van der Waals surface area contributed by atoms with Gasteiger partial charge in [-0.1, -0.05) is 55.2 Å². The number of halogens is 2. The lowest BCUT2D eigenvalue weighted by Crippen LogP contribution is -2.20. The second-order valence-corrected chi connectivity index (χ2v) is 8.88. The molecule has 1 heterocycles. The Labute approximate surface area is 179 Å². The first-order chi connectivity index (χ1) is 13.8. The highest BCUT2D eigenvalue weighted by atomic mass is 35.5. The van der Waals surface area contributed by atoms with Crippen molar-refractivity contribution in [2.75, 3.05) is 10.6 Å². The Kier molecular flexibility index (Phi) is 5.05. The van der Waals surface area contributed by atoms with Crippen LogP contribution in [-0.2, 0) is 0 Å². The molecule has 1 fully saturated rings. The summed E-state index contributed by atoms with van der Waals surface area (Å²) in [5, 5.41) is 6.83. The van der Waals surface area contributed by atoms with Crippen molar-refractivity contribution in [2.45, 2.75) is 32.6 Å². The monoisotopic (exact) mass is 428 g/mol. The van der Waals surface area contributed by atoms with Crippen LogP contribution in [0.1, 0.15) is 42.6 Å². The summed E-state index contributed by atoms with van der Waals surface area (Å²) >= 11 is 12.4. The van der Waals surface area contributed by atoms with Crippen LogP contribution in [0.4, 0.5) is 16.4 Å². The minimum atomic E-state index is -0.343. The summed E-state index contributed by atoms with van der Waals surface area (Å²) in [6.07, 6.45) is 0. The molecule has 0 aliphatic heterocycles. The average Bonchev–Trinajstić information content (AvgIpc) is 3.02. The standard InChI is InChI=1S/C22H22Cl2N4O/c1-12-19(18-17(22(18,2)3)13-9-14(23)11-15(24)10-13)27-20(25-12)28-21(29)26-16-7-5-4-6-8-16/h4-11,17-18H,1-3H3,(H3,25,26,27,28,29)/t17?,18-/m0/s1. The van der Waals surface area contributed by atoms with Gasteiger partial charge in [0.25, 0.3) is 0 Å². The highest BCUT2D eigenvalue weighted by molar-refractivity contribution is 6.34. The lowest BCUT2D eigenvalue weighted by atomic mass is 10.0. The number of aromatic nitrogens is 2. The molecule has 0 radical (unpaired) electrons. The van der Waals surface area contributed by atoms with Crippen molar-refractivity contribution in [3.05, 3.63) is 75.5 Å². The molecule has 2 atom stereocenters. The summed E-state index contributed by atoms with van der Waals surface area (Å²) < 4.78 is 0. The highest BCUT2D eigenvalue weighted by Crippen LogP contribution is 2.70. The van der Waals surface area contributed by atoms with Crippen LogP contribution in [0.25, 0.3) is 0 Å². The number of anilines is 2. The summed E-state index contributed by atoms with van der Waals surface area (Å²) in [7, 11) is 0. The lowest BCUT2D eigenvalue weighted by Gasteiger charge is -2.05. The number of hydrogen-bond acceptors (Lipinski definition) is 2. The van der Waals surface area contributed by atoms with E-state index in [-0.39, 0.29) is 23.3 Å². The van der Waals surface area contributed by atoms with Crippen LogP contribution in [0.2, 0.25) is 10.0 Å². The third-order valence-electron chi connectivity index (χ3n) is 5.57. The summed E-state index contributed by atoms with van der Waals surface area (Å²) in [4.78, 5) is 20.1. The summed E-state index contributed by atoms with van der Waals surface area (Å²) in [6, 6.07) is 14.6. The van der Waals surface area contributed by atoms with E-state index in [0.717, 1.165) is 22.6 Å². The van der Waals surface area contributed by atoms with E-state index < -0.39 is 0 Å². The van der Waals surface area contributed by atoms with E-state index in [1.807, 2.05) is 49.4 Å². The van der Waals surface area contributed by atoms with Crippen molar-refractivity contribution in [1.82, 2.24) is 9.97 Å². The highest BCUT2D eigenvalue weighted by Gasteiger charge is 2.60. The Morgan fingerprint density at radius 1 is 1.03 bits per heavy atom. The van der Waals surface area contributed by atoms with Crippen LogP contribution in [0.3, 0.4) is 0 Å². The zero-order valence-electron chi connectivity index (χ0n) is 16.4. The summed E-state index contributed by atoms with van der Waals surface area (Å²) in [5.41, 5.74) is 3.74. The van der Waals surface area contributed by atoms with Crippen molar-refractivity contribution in [3.63, 3.8) is 0 Å². The second-order valence-electron chi connectivity index (χ2n) is 8.01. The molecule has 7 heteroatoms. The van der Waals surface area contributed by atoms with Crippen LogP contribution >= 0.6 is 23.2 Å². The fourth-order valence-corrected chi connectivity index (χ4v) is 4.72. The van der Waals surface area contributed by atoms with Gasteiger partial charge in [-0.3, -0.25) is 5.32 Å². The molecule has 1 aliphatic rings. The number of amides is 2. The Bertz CT molecular complexity index is 1040. The number of imidazole rings is 1. The maximum absolute atomic E-state index is 12.3. The van der Waals surface area contributed by atoms with Gasteiger partial charge in [0, 0.05) is 27.3 Å². The number of benzene rings is 2. The van der Waals surface area contributed by atoms with E-state index in [2.05, 4.69) is 34.4 Å². The number of rotatable bonds is 4. The molecular weight excluding hydrogens is 407 g/mol. The molecular formula is C22H22Cl2N4O. The van der Waals surface area contributed by atoms with E-state index in [1.165, 1.54) is 0 Å². The van der Waals surface area contributed by atoms with Gasteiger partial charge in [-0.15, -0.1) is 0 Å². The molecule has 1 aromatic heterocycles. The van der Waals surface area contributed by atoms with Gasteiger partial charge in [0.15, 0.2) is 0 Å². The Balaban J connectivity index is 1.52. The first kappa shape index (κ1) is 19.8. The maximum atomic E-state index is 12.3. The molecule has 4 rings (SSSR count). The zero-order valence-corrected chi connectivity index (χ0v) is 17.9. The fraction of sp³-hybridized carbons (Fsp3) is 0.273. The first-order valence-electron chi connectivity index (χ1n) is 9.41. The molecule has 0 spiro atoms. The number of nitrogens with one attached hydrogen (secondary N) is 3. The van der Waals surface area contributed by atoms with Gasteiger partial charge in [-0.05, 0) is 54.2 Å². The molecule has 0 bridgehead atoms. The SMILES string of the molecule is Cc1nc(NC(=O)Nc2ccccc2)[nH]c1[C@@H]1C(c2cc(Cl)cc(Cl)c2)C1(C)C. The van der Waals surface area contributed by atoms with Crippen LogP contribution in [0.5, 0.6) is 0 Å². The number of urea groups is 1. The molecule has 0 saturated heterocycles. The number of carbonyl (C=O) groups excluding carboxylic acids is 1. The van der Waals surface area contributed by atoms with E-state index in [1.54, 1.807) is 6.07 Å². The van der Waals surface area contributed by atoms with Gasteiger partial charge in [0.2, 0.25) is 5.95 Å². The molecule has 29 heavy (non-hydrogen) atoms. The predicted octanol–water partition coefficient (Wildman–Crippen LogP) is 6.58. The van der Waals surface area contributed by atoms with E-state index in [0.29, 0.717) is 16.0 Å². The molecule has 5 nitrogen and oxygen atoms in total. The number of aryl methyl sites for hydroxylation is 1. The van der Waals surface area contributed by atoms with Gasteiger partial charge in [0.1, 0.15) is 0 Å². The number of hydrogen-bond donors (Lipinski definition) is 3. The molecule has 3 aromatic rings. The van der Waals surface area contributed by atoms with E-state index in [9.17, 15) is 4.79 Å². The normalized spacial score (nSPS) is 19.6. The number of nitrogens with zero attached hydrogens (tertiary/aromatic N) is 1. The number of carbonyl (C=O) groups is 1. The van der Waals surface area contributed by atoms with Gasteiger partial charge in [-0.2, -0.15) is 0 Å². The zero-order chi connectivity index (χ0) is 20.8. The number of aromatic amines is 1. The van der Waals surface area contributed by atoms with E-state index >= 15 is 0 Å². The topological polar surface area (TPSA) is 69.8 Å². The molecule has 150 valence electrons. The summed E-state index contributed by atoms with van der Waals surface area (Å²) in [5.74, 6) is 0.928. The quantitative estimate of drug-likeness (QED) is 0.439. The molecule has 1 aliphatic carbocycles. The smallest absolute Gasteiger partial charge is 0.326 e. The second kappa shape index (κ2) is 7.39. The largest absolute Gasteiger partial charge is 0.327 e. The molecule has 1 unspecified atom stereocenters. The molecule has 3 N–H and O–H groups in total. The first-order valence-corrected chi connectivity index (χ1v) is 10.2. The lowest BCUT2D eigenvalue weighted by molar-refractivity contribution is 0.262. The molecule has 1 saturated carbocycles. The third-order valence-corrected chi connectivity index (χ3v) is 6.00. The minimum absolute atomic E-state index is 0.0227. The average molecular weight is 429 g/mol. The van der Waals surface area contributed by atoms with Crippen molar-refractivity contribution >= 4 is 40.9 Å².